The maximum Gasteiger partial charge on any atom is 0.161 e. The summed E-state index contributed by atoms with van der Waals surface area (Å²) in [6.07, 6.45) is 0. The molecule has 2 nitrogen and oxygen atoms in total. The van der Waals surface area contributed by atoms with Crippen LogP contribution in [0.3, 0.4) is 0 Å². The number of methoxy groups -OCH3 is 1. The van der Waals surface area contributed by atoms with Gasteiger partial charge in [-0.05, 0) is 52.0 Å². The first-order valence-electron chi connectivity index (χ1n) is 5.20. The molecule has 1 heterocycles. The summed E-state index contributed by atoms with van der Waals surface area (Å²) in [5.74, 6) is 1.55. The zero-order chi connectivity index (χ0) is 12.3. The van der Waals surface area contributed by atoms with Gasteiger partial charge in [-0.15, -0.1) is 11.3 Å². The highest BCUT2D eigenvalue weighted by Gasteiger charge is 2.07. The molecule has 0 saturated carbocycles. The van der Waals surface area contributed by atoms with E-state index in [-0.39, 0.29) is 0 Å². The summed E-state index contributed by atoms with van der Waals surface area (Å²) in [6.45, 7) is 2.58. The SMILES string of the molecule is COc1cc(C)ccc1OCc1sccc1Br. The molecule has 0 aliphatic heterocycles. The van der Waals surface area contributed by atoms with E-state index in [1.165, 1.54) is 4.88 Å². The Bertz CT molecular complexity index is 508. The molecule has 17 heavy (non-hydrogen) atoms. The number of hydrogen-bond acceptors (Lipinski definition) is 3. The molecule has 0 amide bonds. The van der Waals surface area contributed by atoms with Crippen LogP contribution in [0.5, 0.6) is 11.5 Å². The number of thiophene rings is 1. The van der Waals surface area contributed by atoms with Crippen molar-refractivity contribution in [3.63, 3.8) is 0 Å². The van der Waals surface area contributed by atoms with E-state index in [4.69, 9.17) is 9.47 Å². The quantitative estimate of drug-likeness (QED) is 0.832. The standard InChI is InChI=1S/C13H13BrO2S/c1-9-3-4-11(12(7-9)15-2)16-8-13-10(14)5-6-17-13/h3-7H,8H2,1-2H3. The summed E-state index contributed by atoms with van der Waals surface area (Å²) in [7, 11) is 1.66. The third-order valence-corrected chi connectivity index (χ3v) is 4.27. The molecule has 4 heteroatoms. The van der Waals surface area contributed by atoms with Crippen molar-refractivity contribution in [2.75, 3.05) is 7.11 Å². The Balaban J connectivity index is 2.11. The molecule has 90 valence electrons. The largest absolute Gasteiger partial charge is 0.493 e. The molecule has 1 aromatic heterocycles. The molecule has 0 saturated heterocycles. The second kappa shape index (κ2) is 5.56. The van der Waals surface area contributed by atoms with Crippen LogP contribution in [0.15, 0.2) is 34.1 Å². The Kier molecular flexibility index (Phi) is 4.07. The Labute approximate surface area is 113 Å². The first-order valence-corrected chi connectivity index (χ1v) is 6.87. The van der Waals surface area contributed by atoms with E-state index in [2.05, 4.69) is 15.9 Å². The summed E-state index contributed by atoms with van der Waals surface area (Å²) in [5.41, 5.74) is 1.16. The van der Waals surface area contributed by atoms with Crippen molar-refractivity contribution in [1.82, 2.24) is 0 Å². The van der Waals surface area contributed by atoms with Gasteiger partial charge in [0.2, 0.25) is 0 Å². The predicted molar refractivity (Wildman–Crippen MR) is 74.1 cm³/mol. The molecule has 1 aromatic carbocycles. The normalized spacial score (nSPS) is 10.3. The first kappa shape index (κ1) is 12.5. The summed E-state index contributed by atoms with van der Waals surface area (Å²) in [6, 6.07) is 7.95. The van der Waals surface area contributed by atoms with Crippen LogP contribution in [-0.2, 0) is 6.61 Å². The van der Waals surface area contributed by atoms with E-state index in [0.717, 1.165) is 21.5 Å². The second-order valence-electron chi connectivity index (χ2n) is 3.63. The molecule has 0 bridgehead atoms. The first-order chi connectivity index (χ1) is 8.20. The Hall–Kier alpha value is -1.00. The fourth-order valence-corrected chi connectivity index (χ4v) is 2.84. The Morgan fingerprint density at radius 2 is 2.06 bits per heavy atom. The molecule has 0 unspecified atom stereocenters. The van der Waals surface area contributed by atoms with Crippen LogP contribution in [0.2, 0.25) is 0 Å². The molecule has 0 N–H and O–H groups in total. The lowest BCUT2D eigenvalue weighted by atomic mass is 10.2. The van der Waals surface area contributed by atoms with Crippen LogP contribution >= 0.6 is 27.3 Å². The number of halogens is 1. The molecule has 0 radical (unpaired) electrons. The molecule has 2 aromatic rings. The van der Waals surface area contributed by atoms with Crippen LogP contribution in [-0.4, -0.2) is 7.11 Å². The number of aryl methyl sites for hydroxylation is 1. The van der Waals surface area contributed by atoms with Crippen molar-refractivity contribution < 1.29 is 9.47 Å². The maximum absolute atomic E-state index is 5.76. The van der Waals surface area contributed by atoms with Gasteiger partial charge in [0.15, 0.2) is 11.5 Å². The summed E-state index contributed by atoms with van der Waals surface area (Å²) < 4.78 is 12.1. The van der Waals surface area contributed by atoms with Gasteiger partial charge < -0.3 is 9.47 Å². The van der Waals surface area contributed by atoms with E-state index in [0.29, 0.717) is 6.61 Å². The van der Waals surface area contributed by atoms with Crippen molar-refractivity contribution in [2.45, 2.75) is 13.5 Å². The van der Waals surface area contributed by atoms with Crippen LogP contribution in [0.1, 0.15) is 10.4 Å². The number of hydrogen-bond donors (Lipinski definition) is 0. The average molecular weight is 313 g/mol. The summed E-state index contributed by atoms with van der Waals surface area (Å²) in [5, 5.41) is 2.04. The van der Waals surface area contributed by atoms with Crippen molar-refractivity contribution in [3.05, 3.63) is 44.6 Å². The van der Waals surface area contributed by atoms with Gasteiger partial charge in [-0.3, -0.25) is 0 Å². The van der Waals surface area contributed by atoms with Crippen molar-refractivity contribution in [3.8, 4) is 11.5 Å². The van der Waals surface area contributed by atoms with E-state index in [9.17, 15) is 0 Å². The van der Waals surface area contributed by atoms with Gasteiger partial charge in [0.25, 0.3) is 0 Å². The lowest BCUT2D eigenvalue weighted by molar-refractivity contribution is 0.286. The number of rotatable bonds is 4. The van der Waals surface area contributed by atoms with Crippen LogP contribution in [0, 0.1) is 6.92 Å². The van der Waals surface area contributed by atoms with Gasteiger partial charge in [0, 0.05) is 4.47 Å². The minimum atomic E-state index is 0.553. The van der Waals surface area contributed by atoms with Crippen LogP contribution in [0.4, 0.5) is 0 Å². The highest BCUT2D eigenvalue weighted by molar-refractivity contribution is 9.10. The van der Waals surface area contributed by atoms with Crippen molar-refractivity contribution in [1.29, 1.82) is 0 Å². The van der Waals surface area contributed by atoms with E-state index >= 15 is 0 Å². The molecule has 0 atom stereocenters. The molecular weight excluding hydrogens is 300 g/mol. The maximum atomic E-state index is 5.76. The Morgan fingerprint density at radius 3 is 2.71 bits per heavy atom. The zero-order valence-electron chi connectivity index (χ0n) is 9.70. The fourth-order valence-electron chi connectivity index (χ4n) is 1.47. The topological polar surface area (TPSA) is 18.5 Å². The van der Waals surface area contributed by atoms with E-state index in [1.807, 2.05) is 36.6 Å². The number of ether oxygens (including phenoxy) is 2. The predicted octanol–water partition coefficient (Wildman–Crippen LogP) is 4.41. The van der Waals surface area contributed by atoms with Crippen LogP contribution in [0.25, 0.3) is 0 Å². The fraction of sp³-hybridized carbons (Fsp3) is 0.231. The van der Waals surface area contributed by atoms with E-state index < -0.39 is 0 Å². The lowest BCUT2D eigenvalue weighted by Crippen LogP contribution is -1.96. The minimum absolute atomic E-state index is 0.553. The third kappa shape index (κ3) is 3.01. The summed E-state index contributed by atoms with van der Waals surface area (Å²) in [4.78, 5) is 1.17. The zero-order valence-corrected chi connectivity index (χ0v) is 12.1. The molecular formula is C13H13BrO2S. The molecule has 0 aliphatic rings. The third-order valence-electron chi connectivity index (χ3n) is 2.37. The highest BCUT2D eigenvalue weighted by atomic mass is 79.9. The van der Waals surface area contributed by atoms with E-state index in [1.54, 1.807) is 18.4 Å². The smallest absolute Gasteiger partial charge is 0.161 e. The van der Waals surface area contributed by atoms with Gasteiger partial charge in [-0.25, -0.2) is 0 Å². The molecule has 0 fully saturated rings. The molecule has 2 rings (SSSR count). The highest BCUT2D eigenvalue weighted by Crippen LogP contribution is 2.30. The summed E-state index contributed by atoms with van der Waals surface area (Å²) >= 11 is 5.16. The van der Waals surface area contributed by atoms with Gasteiger partial charge in [-0.2, -0.15) is 0 Å². The minimum Gasteiger partial charge on any atom is -0.493 e. The van der Waals surface area contributed by atoms with Crippen molar-refractivity contribution in [2.24, 2.45) is 0 Å². The Morgan fingerprint density at radius 1 is 1.24 bits per heavy atom. The van der Waals surface area contributed by atoms with Gasteiger partial charge >= 0.3 is 0 Å². The van der Waals surface area contributed by atoms with Crippen LogP contribution < -0.4 is 9.47 Å². The van der Waals surface area contributed by atoms with Gasteiger partial charge in [-0.1, -0.05) is 6.07 Å². The monoisotopic (exact) mass is 312 g/mol. The van der Waals surface area contributed by atoms with Gasteiger partial charge in [0.1, 0.15) is 6.61 Å². The molecule has 0 spiro atoms. The van der Waals surface area contributed by atoms with Crippen molar-refractivity contribution >= 4 is 27.3 Å². The molecule has 0 aliphatic carbocycles. The lowest BCUT2D eigenvalue weighted by Gasteiger charge is -2.10. The van der Waals surface area contributed by atoms with Gasteiger partial charge in [0.05, 0.1) is 12.0 Å². The number of benzene rings is 1. The average Bonchev–Trinajstić information content (AvgIpc) is 2.73. The second-order valence-corrected chi connectivity index (χ2v) is 5.49.